The van der Waals surface area contributed by atoms with Crippen LogP contribution in [0.3, 0.4) is 0 Å². The van der Waals surface area contributed by atoms with Crippen LogP contribution in [0.5, 0.6) is 0 Å². The van der Waals surface area contributed by atoms with Crippen LogP contribution in [0.2, 0.25) is 0 Å². The number of nitrogens with zero attached hydrogens (tertiary/aromatic N) is 2. The van der Waals surface area contributed by atoms with E-state index in [1.807, 2.05) is 19.1 Å². The summed E-state index contributed by atoms with van der Waals surface area (Å²) in [6.07, 6.45) is 4.32. The van der Waals surface area contributed by atoms with Crippen LogP contribution in [-0.2, 0) is 0 Å². The summed E-state index contributed by atoms with van der Waals surface area (Å²) in [6, 6.07) is 8.81. The lowest BCUT2D eigenvalue weighted by molar-refractivity contribution is 0.0766. The van der Waals surface area contributed by atoms with Gasteiger partial charge >= 0.3 is 0 Å². The molecule has 3 heteroatoms. The molecule has 3 rings (SSSR count). The molecule has 0 aromatic heterocycles. The highest BCUT2D eigenvalue weighted by molar-refractivity contribution is 6.01. The first kappa shape index (κ1) is 13.3. The Hall–Kier alpha value is -1.66. The zero-order valence-corrected chi connectivity index (χ0v) is 12.1. The first-order valence-electron chi connectivity index (χ1n) is 7.37. The number of piperidine rings is 1. The molecule has 0 amide bonds. The van der Waals surface area contributed by atoms with Crippen LogP contribution in [0.25, 0.3) is 0 Å². The van der Waals surface area contributed by atoms with Gasteiger partial charge in [-0.25, -0.2) is 0 Å². The van der Waals surface area contributed by atoms with Crippen LogP contribution in [0.1, 0.15) is 47.2 Å². The maximum absolute atomic E-state index is 12.9. The van der Waals surface area contributed by atoms with Crippen LogP contribution >= 0.6 is 0 Å². The van der Waals surface area contributed by atoms with Crippen LogP contribution < -0.4 is 0 Å². The fourth-order valence-corrected chi connectivity index (χ4v) is 3.92. The molecular formula is C17H20N2O. The van der Waals surface area contributed by atoms with Crippen LogP contribution in [0, 0.1) is 24.2 Å². The van der Waals surface area contributed by atoms with E-state index in [9.17, 15) is 10.1 Å². The van der Waals surface area contributed by atoms with E-state index in [-0.39, 0.29) is 11.7 Å². The second-order valence-corrected chi connectivity index (χ2v) is 6.19. The molecule has 1 aromatic rings. The Bertz CT molecular complexity index is 573. The second-order valence-electron chi connectivity index (χ2n) is 6.19. The van der Waals surface area contributed by atoms with Gasteiger partial charge in [0.05, 0.1) is 11.6 Å². The van der Waals surface area contributed by atoms with Crippen molar-refractivity contribution in [3.05, 3.63) is 34.9 Å². The van der Waals surface area contributed by atoms with E-state index in [1.165, 1.54) is 12.8 Å². The van der Waals surface area contributed by atoms with Crippen molar-refractivity contribution >= 4 is 5.78 Å². The summed E-state index contributed by atoms with van der Waals surface area (Å²) in [6.45, 7) is 1.93. The van der Waals surface area contributed by atoms with Crippen molar-refractivity contribution < 1.29 is 4.79 Å². The van der Waals surface area contributed by atoms with Crippen molar-refractivity contribution in [1.29, 1.82) is 5.26 Å². The van der Waals surface area contributed by atoms with Gasteiger partial charge in [0.1, 0.15) is 0 Å². The molecule has 2 aliphatic heterocycles. The zero-order valence-electron chi connectivity index (χ0n) is 12.1. The zero-order chi connectivity index (χ0) is 14.3. The quantitative estimate of drug-likeness (QED) is 0.775. The molecule has 1 aromatic carbocycles. The first-order valence-corrected chi connectivity index (χ1v) is 7.37. The Kier molecular flexibility index (Phi) is 3.35. The van der Waals surface area contributed by atoms with Gasteiger partial charge in [0.25, 0.3) is 0 Å². The monoisotopic (exact) mass is 268 g/mol. The average molecular weight is 268 g/mol. The molecule has 20 heavy (non-hydrogen) atoms. The topological polar surface area (TPSA) is 44.1 Å². The van der Waals surface area contributed by atoms with Gasteiger partial charge in [-0.05, 0) is 51.3 Å². The van der Waals surface area contributed by atoms with E-state index in [2.05, 4.69) is 18.0 Å². The summed E-state index contributed by atoms with van der Waals surface area (Å²) in [7, 11) is 2.18. The number of carbonyl (C=O) groups excluding carboxylic acids is 1. The SMILES string of the molecule is Cc1cccc(C#N)c1C(=O)C1CC2CCC(C1)N2C. The van der Waals surface area contributed by atoms with Crippen molar-refractivity contribution in [1.82, 2.24) is 4.90 Å². The Morgan fingerprint density at radius 3 is 2.55 bits per heavy atom. The van der Waals surface area contributed by atoms with Gasteiger partial charge < -0.3 is 4.90 Å². The van der Waals surface area contributed by atoms with E-state index in [4.69, 9.17) is 0 Å². The number of carbonyl (C=O) groups is 1. The second kappa shape index (κ2) is 5.03. The van der Waals surface area contributed by atoms with Gasteiger partial charge in [0.2, 0.25) is 0 Å². The maximum atomic E-state index is 12.9. The highest BCUT2D eigenvalue weighted by Gasteiger charge is 2.41. The molecule has 104 valence electrons. The third-order valence-corrected chi connectivity index (χ3v) is 5.11. The lowest BCUT2D eigenvalue weighted by atomic mass is 9.82. The van der Waals surface area contributed by atoms with Gasteiger partial charge in [0.15, 0.2) is 5.78 Å². The number of ketones is 1. The summed E-state index contributed by atoms with van der Waals surface area (Å²) in [4.78, 5) is 15.3. The number of hydrogen-bond donors (Lipinski definition) is 0. The van der Waals surface area contributed by atoms with E-state index in [0.717, 1.165) is 18.4 Å². The molecule has 0 saturated carbocycles. The largest absolute Gasteiger partial charge is 0.300 e. The van der Waals surface area contributed by atoms with Crippen LogP contribution in [0.15, 0.2) is 18.2 Å². The standard InChI is InChI=1S/C17H20N2O/c1-11-4-3-5-12(10-18)16(11)17(20)13-8-14-6-7-15(9-13)19(14)2/h3-5,13-15H,6-9H2,1-2H3. The lowest BCUT2D eigenvalue weighted by Crippen LogP contribution is -2.42. The van der Waals surface area contributed by atoms with Crippen molar-refractivity contribution in [3.8, 4) is 6.07 Å². The van der Waals surface area contributed by atoms with Gasteiger partial charge in [-0.2, -0.15) is 5.26 Å². The first-order chi connectivity index (χ1) is 9.61. The number of hydrogen-bond acceptors (Lipinski definition) is 3. The minimum absolute atomic E-state index is 0.0944. The molecule has 2 aliphatic rings. The number of Topliss-reactive ketones (excluding diaryl/α,β-unsaturated/α-hetero) is 1. The van der Waals surface area contributed by atoms with Crippen molar-refractivity contribution in [2.45, 2.75) is 44.7 Å². The molecule has 2 bridgehead atoms. The third kappa shape index (κ3) is 2.05. The molecule has 0 radical (unpaired) electrons. The van der Waals surface area contributed by atoms with E-state index in [0.29, 0.717) is 23.2 Å². The Morgan fingerprint density at radius 2 is 1.95 bits per heavy atom. The van der Waals surface area contributed by atoms with Gasteiger partial charge in [0, 0.05) is 23.6 Å². The molecule has 2 atom stereocenters. The summed E-state index contributed by atoms with van der Waals surface area (Å²) in [5, 5.41) is 9.24. The van der Waals surface area contributed by atoms with Crippen molar-refractivity contribution in [3.63, 3.8) is 0 Å². The van der Waals surface area contributed by atoms with E-state index in [1.54, 1.807) is 6.07 Å². The third-order valence-electron chi connectivity index (χ3n) is 5.11. The van der Waals surface area contributed by atoms with E-state index < -0.39 is 0 Å². The number of benzene rings is 1. The van der Waals surface area contributed by atoms with Crippen molar-refractivity contribution in [2.75, 3.05) is 7.05 Å². The molecular weight excluding hydrogens is 248 g/mol. The number of aryl methyl sites for hydroxylation is 1. The van der Waals surface area contributed by atoms with Gasteiger partial charge in [-0.1, -0.05) is 12.1 Å². The lowest BCUT2D eigenvalue weighted by Gasteiger charge is -2.35. The predicted octanol–water partition coefficient (Wildman–Crippen LogP) is 2.92. The highest BCUT2D eigenvalue weighted by atomic mass is 16.1. The smallest absolute Gasteiger partial charge is 0.167 e. The molecule has 2 heterocycles. The minimum Gasteiger partial charge on any atom is -0.300 e. The molecule has 0 aliphatic carbocycles. The molecule has 3 nitrogen and oxygen atoms in total. The summed E-state index contributed by atoms with van der Waals surface area (Å²) in [5.74, 6) is 0.279. The number of rotatable bonds is 2. The van der Waals surface area contributed by atoms with Crippen molar-refractivity contribution in [2.24, 2.45) is 5.92 Å². The predicted molar refractivity (Wildman–Crippen MR) is 77.5 cm³/mol. The highest BCUT2D eigenvalue weighted by Crippen LogP contribution is 2.39. The summed E-state index contributed by atoms with van der Waals surface area (Å²) in [5.41, 5.74) is 2.12. The molecule has 2 saturated heterocycles. The minimum atomic E-state index is 0.0944. The number of nitriles is 1. The maximum Gasteiger partial charge on any atom is 0.167 e. The fraction of sp³-hybridized carbons (Fsp3) is 0.529. The average Bonchev–Trinajstić information content (AvgIpc) is 2.67. The van der Waals surface area contributed by atoms with Crippen LogP contribution in [0.4, 0.5) is 0 Å². The normalized spacial score (nSPS) is 29.1. The summed E-state index contributed by atoms with van der Waals surface area (Å²) < 4.78 is 0. The number of fused-ring (bicyclic) bond motifs is 2. The molecule has 0 spiro atoms. The Morgan fingerprint density at radius 1 is 1.30 bits per heavy atom. The van der Waals surface area contributed by atoms with Gasteiger partial charge in [-0.3, -0.25) is 4.79 Å². The van der Waals surface area contributed by atoms with Crippen LogP contribution in [-0.4, -0.2) is 29.8 Å². The van der Waals surface area contributed by atoms with E-state index >= 15 is 0 Å². The molecule has 0 N–H and O–H groups in total. The Balaban J connectivity index is 1.90. The molecule has 2 unspecified atom stereocenters. The Labute approximate surface area is 120 Å². The fourth-order valence-electron chi connectivity index (χ4n) is 3.92. The van der Waals surface area contributed by atoms with Gasteiger partial charge in [-0.15, -0.1) is 0 Å². The molecule has 2 fully saturated rings. The summed E-state index contributed by atoms with van der Waals surface area (Å²) >= 11 is 0.